The van der Waals surface area contributed by atoms with Crippen molar-refractivity contribution in [3.63, 3.8) is 0 Å². The van der Waals surface area contributed by atoms with Gasteiger partial charge in [0.25, 0.3) is 5.91 Å². The summed E-state index contributed by atoms with van der Waals surface area (Å²) in [6.07, 6.45) is 2.65. The predicted octanol–water partition coefficient (Wildman–Crippen LogP) is 1.73. The monoisotopic (exact) mass is 311 g/mol. The first-order chi connectivity index (χ1) is 10.1. The van der Waals surface area contributed by atoms with Gasteiger partial charge in [0.05, 0.1) is 16.1 Å². The third kappa shape index (κ3) is 3.54. The van der Waals surface area contributed by atoms with Crippen molar-refractivity contribution in [1.82, 2.24) is 5.32 Å². The Morgan fingerprint density at radius 1 is 1.43 bits per heavy atom. The van der Waals surface area contributed by atoms with Gasteiger partial charge in [-0.25, -0.2) is 0 Å². The van der Waals surface area contributed by atoms with E-state index in [4.69, 9.17) is 10.5 Å². The molecule has 0 spiro atoms. The maximum Gasteiger partial charge on any atom is 0.256 e. The Hall–Kier alpha value is -1.60. The zero-order chi connectivity index (χ0) is 15.4. The Bertz CT molecular complexity index is 538. The third-order valence-electron chi connectivity index (χ3n) is 3.38. The van der Waals surface area contributed by atoms with Crippen LogP contribution in [0.5, 0.6) is 0 Å². The highest BCUT2D eigenvalue weighted by atomic mass is 32.1. The van der Waals surface area contributed by atoms with Crippen LogP contribution in [0.25, 0.3) is 0 Å². The summed E-state index contributed by atoms with van der Waals surface area (Å²) >= 11 is 1.28. The van der Waals surface area contributed by atoms with E-state index in [1.807, 2.05) is 0 Å². The maximum absolute atomic E-state index is 12.2. The van der Waals surface area contributed by atoms with Crippen molar-refractivity contribution in [2.45, 2.75) is 19.3 Å². The quantitative estimate of drug-likeness (QED) is 0.502. The van der Waals surface area contributed by atoms with E-state index in [-0.39, 0.29) is 17.6 Å². The van der Waals surface area contributed by atoms with E-state index in [9.17, 15) is 9.59 Å². The first-order valence-electron chi connectivity index (χ1n) is 7.01. The van der Waals surface area contributed by atoms with Gasteiger partial charge < -0.3 is 21.1 Å². The van der Waals surface area contributed by atoms with Crippen molar-refractivity contribution in [1.29, 1.82) is 0 Å². The maximum atomic E-state index is 12.2. The second kappa shape index (κ2) is 6.91. The first kappa shape index (κ1) is 15.8. The Morgan fingerprint density at radius 3 is 2.71 bits per heavy atom. The standard InChI is InChI=1S/C14H21N3O3S/c1-16-13(19)9-10(15)12(11(18)8-4-5-8)21-14(9)17-6-3-7-20-2/h8,17H,3-7,15H2,1-2H3,(H,16,19). The number of amides is 1. The van der Waals surface area contributed by atoms with Gasteiger partial charge in [-0.1, -0.05) is 0 Å². The van der Waals surface area contributed by atoms with E-state index in [2.05, 4.69) is 10.6 Å². The summed E-state index contributed by atoms with van der Waals surface area (Å²) in [5.41, 5.74) is 6.72. The number of nitrogens with two attached hydrogens (primary N) is 1. The minimum absolute atomic E-state index is 0.0626. The van der Waals surface area contributed by atoms with E-state index in [0.717, 1.165) is 19.3 Å². The molecular formula is C14H21N3O3S. The van der Waals surface area contributed by atoms with E-state index in [1.165, 1.54) is 11.3 Å². The molecule has 1 aromatic rings. The predicted molar refractivity (Wildman–Crippen MR) is 84.2 cm³/mol. The first-order valence-corrected chi connectivity index (χ1v) is 7.83. The highest BCUT2D eigenvalue weighted by Gasteiger charge is 2.34. The highest BCUT2D eigenvalue weighted by Crippen LogP contribution is 2.41. The van der Waals surface area contributed by atoms with E-state index >= 15 is 0 Å². The van der Waals surface area contributed by atoms with Crippen molar-refractivity contribution < 1.29 is 14.3 Å². The van der Waals surface area contributed by atoms with Gasteiger partial charge >= 0.3 is 0 Å². The zero-order valence-corrected chi connectivity index (χ0v) is 13.1. The number of methoxy groups -OCH3 is 1. The van der Waals surface area contributed by atoms with Gasteiger partial charge in [-0.15, -0.1) is 11.3 Å². The molecule has 6 nitrogen and oxygen atoms in total. The van der Waals surface area contributed by atoms with Crippen LogP contribution in [0.3, 0.4) is 0 Å². The summed E-state index contributed by atoms with van der Waals surface area (Å²) in [6.45, 7) is 1.30. The summed E-state index contributed by atoms with van der Waals surface area (Å²) in [4.78, 5) is 24.7. The molecule has 0 radical (unpaired) electrons. The molecule has 1 aromatic heterocycles. The van der Waals surface area contributed by atoms with Crippen LogP contribution >= 0.6 is 11.3 Å². The topological polar surface area (TPSA) is 93.5 Å². The molecule has 7 heteroatoms. The van der Waals surface area contributed by atoms with Crippen molar-refractivity contribution in [2.24, 2.45) is 5.92 Å². The van der Waals surface area contributed by atoms with Gasteiger partial charge in [-0.2, -0.15) is 0 Å². The number of nitrogens with one attached hydrogen (secondary N) is 2. The van der Waals surface area contributed by atoms with Crippen molar-refractivity contribution >= 4 is 33.7 Å². The zero-order valence-electron chi connectivity index (χ0n) is 12.3. The molecule has 1 amide bonds. The summed E-state index contributed by atoms with van der Waals surface area (Å²) in [5, 5.41) is 6.42. The molecule has 0 bridgehead atoms. The number of thiophene rings is 1. The third-order valence-corrected chi connectivity index (χ3v) is 4.56. The van der Waals surface area contributed by atoms with Crippen LogP contribution in [0.1, 0.15) is 39.3 Å². The van der Waals surface area contributed by atoms with Crippen LogP contribution < -0.4 is 16.4 Å². The van der Waals surface area contributed by atoms with Crippen LogP contribution in [-0.4, -0.2) is 39.0 Å². The largest absolute Gasteiger partial charge is 0.397 e. The van der Waals surface area contributed by atoms with Gasteiger partial charge in [-0.3, -0.25) is 9.59 Å². The van der Waals surface area contributed by atoms with E-state index in [0.29, 0.717) is 34.3 Å². The van der Waals surface area contributed by atoms with Crippen LogP contribution in [0.15, 0.2) is 0 Å². The number of anilines is 2. The summed E-state index contributed by atoms with van der Waals surface area (Å²) in [7, 11) is 3.20. The van der Waals surface area contributed by atoms with Crippen LogP contribution in [0.2, 0.25) is 0 Å². The van der Waals surface area contributed by atoms with Crippen LogP contribution in [-0.2, 0) is 4.74 Å². The normalized spacial score (nSPS) is 14.0. The van der Waals surface area contributed by atoms with E-state index < -0.39 is 0 Å². The number of hydrogen-bond acceptors (Lipinski definition) is 6. The molecule has 0 aromatic carbocycles. The molecule has 1 fully saturated rings. The van der Waals surface area contributed by atoms with Crippen LogP contribution in [0.4, 0.5) is 10.7 Å². The molecule has 2 rings (SSSR count). The molecule has 0 atom stereocenters. The lowest BCUT2D eigenvalue weighted by Crippen LogP contribution is -2.20. The van der Waals surface area contributed by atoms with Gasteiger partial charge in [-0.05, 0) is 19.3 Å². The van der Waals surface area contributed by atoms with Crippen molar-refractivity contribution in [3.8, 4) is 0 Å². The number of hydrogen-bond donors (Lipinski definition) is 3. The molecule has 21 heavy (non-hydrogen) atoms. The fourth-order valence-corrected chi connectivity index (χ4v) is 3.21. The summed E-state index contributed by atoms with van der Waals surface area (Å²) < 4.78 is 4.99. The smallest absolute Gasteiger partial charge is 0.256 e. The number of Topliss-reactive ketones (excluding diaryl/α,β-unsaturated/α-hetero) is 1. The second-order valence-corrected chi connectivity index (χ2v) is 6.06. The van der Waals surface area contributed by atoms with Crippen LogP contribution in [0, 0.1) is 5.92 Å². The van der Waals surface area contributed by atoms with Gasteiger partial charge in [0.1, 0.15) is 5.00 Å². The number of rotatable bonds is 8. The number of ether oxygens (including phenoxy) is 1. The summed E-state index contributed by atoms with van der Waals surface area (Å²) in [5.74, 6) is -0.120. The van der Waals surface area contributed by atoms with Gasteiger partial charge in [0.15, 0.2) is 5.78 Å². The number of nitrogen functional groups attached to an aromatic ring is 1. The number of carbonyl (C=O) groups is 2. The number of ketones is 1. The molecule has 1 saturated carbocycles. The second-order valence-electron chi connectivity index (χ2n) is 5.04. The molecule has 1 aliphatic rings. The highest BCUT2D eigenvalue weighted by molar-refractivity contribution is 7.19. The van der Waals surface area contributed by atoms with Crippen molar-refractivity contribution in [2.75, 3.05) is 38.4 Å². The van der Waals surface area contributed by atoms with E-state index in [1.54, 1.807) is 14.2 Å². The molecule has 116 valence electrons. The van der Waals surface area contributed by atoms with Crippen molar-refractivity contribution in [3.05, 3.63) is 10.4 Å². The minimum Gasteiger partial charge on any atom is -0.397 e. The molecule has 1 heterocycles. The lowest BCUT2D eigenvalue weighted by atomic mass is 10.1. The molecule has 0 aliphatic heterocycles. The number of carbonyl (C=O) groups excluding carboxylic acids is 2. The lowest BCUT2D eigenvalue weighted by molar-refractivity contribution is 0.0964. The SMILES string of the molecule is CNC(=O)c1c(NCCCOC)sc(C(=O)C2CC2)c1N. The summed E-state index contributed by atoms with van der Waals surface area (Å²) in [6, 6.07) is 0. The fraction of sp³-hybridized carbons (Fsp3) is 0.571. The molecule has 0 saturated heterocycles. The lowest BCUT2D eigenvalue weighted by Gasteiger charge is -2.06. The Labute approximate surface area is 128 Å². The molecule has 1 aliphatic carbocycles. The Balaban J connectivity index is 2.21. The Morgan fingerprint density at radius 2 is 2.14 bits per heavy atom. The molecular weight excluding hydrogens is 290 g/mol. The molecule has 0 unspecified atom stereocenters. The Kier molecular flexibility index (Phi) is 5.19. The van der Waals surface area contributed by atoms with Gasteiger partial charge in [0.2, 0.25) is 0 Å². The fourth-order valence-electron chi connectivity index (χ4n) is 2.05. The molecule has 4 N–H and O–H groups in total. The average molecular weight is 311 g/mol. The van der Waals surface area contributed by atoms with Gasteiger partial charge in [0, 0.05) is 33.2 Å². The average Bonchev–Trinajstić information content (AvgIpc) is 3.27. The minimum atomic E-state index is -0.271.